The lowest BCUT2D eigenvalue weighted by atomic mass is 9.84. The molecule has 2 N–H and O–H groups in total. The number of nitrogens with zero attached hydrogens (tertiary/aromatic N) is 6. The number of carboxylic acids is 1. The van der Waals surface area contributed by atoms with Crippen molar-refractivity contribution < 1.29 is 19.4 Å². The van der Waals surface area contributed by atoms with E-state index in [1.54, 1.807) is 17.1 Å². The molecule has 0 aromatic carbocycles. The van der Waals surface area contributed by atoms with E-state index < -0.39 is 25.9 Å². The minimum atomic E-state index is -1.22. The molecule has 1 unspecified atom stereocenters. The highest BCUT2D eigenvalue weighted by atomic mass is 28.3. The van der Waals surface area contributed by atoms with Gasteiger partial charge in [0.05, 0.1) is 5.92 Å². The Hall–Kier alpha value is -2.44. The SMILES string of the molecule is CCCC(C(=O)O)[C@H](Cc1cnc(OC2CCNCC2)nc1)c1nnnn1COCC[Si](C)(C)C. The van der Waals surface area contributed by atoms with Gasteiger partial charge in [-0.15, -0.1) is 5.10 Å². The molecule has 0 saturated carbocycles. The second-order valence-corrected chi connectivity index (χ2v) is 16.0. The highest BCUT2D eigenvalue weighted by molar-refractivity contribution is 6.76. The molecule has 3 heterocycles. The highest BCUT2D eigenvalue weighted by Gasteiger charge is 2.33. The van der Waals surface area contributed by atoms with Crippen LogP contribution in [0.3, 0.4) is 0 Å². The smallest absolute Gasteiger partial charge is 0.316 e. The molecule has 0 amide bonds. The molecule has 2 aromatic heterocycles. The Labute approximate surface area is 208 Å². The lowest BCUT2D eigenvalue weighted by Gasteiger charge is -2.24. The molecule has 2 aromatic rings. The van der Waals surface area contributed by atoms with Crippen LogP contribution in [0.1, 0.15) is 49.9 Å². The molecule has 1 saturated heterocycles. The fraction of sp³-hybridized carbons (Fsp3) is 0.739. The third-order valence-corrected chi connectivity index (χ3v) is 7.90. The van der Waals surface area contributed by atoms with Crippen LogP contribution < -0.4 is 10.1 Å². The van der Waals surface area contributed by atoms with Gasteiger partial charge in [0.2, 0.25) is 0 Å². The minimum Gasteiger partial charge on any atom is -0.481 e. The van der Waals surface area contributed by atoms with Gasteiger partial charge in [-0.1, -0.05) is 33.0 Å². The van der Waals surface area contributed by atoms with Crippen LogP contribution in [0.4, 0.5) is 0 Å². The third kappa shape index (κ3) is 8.62. The first-order valence-corrected chi connectivity index (χ1v) is 16.2. The van der Waals surface area contributed by atoms with E-state index in [1.165, 1.54) is 0 Å². The van der Waals surface area contributed by atoms with E-state index in [2.05, 4.69) is 50.5 Å². The van der Waals surface area contributed by atoms with E-state index in [-0.39, 0.29) is 12.8 Å². The summed E-state index contributed by atoms with van der Waals surface area (Å²) in [6, 6.07) is 1.38. The van der Waals surface area contributed by atoms with Crippen molar-refractivity contribution in [2.45, 2.75) is 83.5 Å². The first-order valence-electron chi connectivity index (χ1n) is 12.5. The maximum atomic E-state index is 12.2. The Balaban J connectivity index is 1.73. The zero-order valence-electron chi connectivity index (χ0n) is 21.3. The van der Waals surface area contributed by atoms with Gasteiger partial charge >= 0.3 is 12.0 Å². The number of tetrazole rings is 1. The van der Waals surface area contributed by atoms with E-state index in [1.807, 2.05) is 6.92 Å². The second-order valence-electron chi connectivity index (χ2n) is 10.4. The monoisotopic (exact) mass is 505 g/mol. The topological polar surface area (TPSA) is 137 Å². The Bertz CT molecular complexity index is 913. The number of aromatic nitrogens is 6. The molecule has 0 spiro atoms. The third-order valence-electron chi connectivity index (χ3n) is 6.20. The number of piperidine rings is 1. The zero-order chi connectivity index (χ0) is 25.3. The summed E-state index contributed by atoms with van der Waals surface area (Å²) in [6.07, 6.45) is 7.03. The quantitative estimate of drug-likeness (QED) is 0.291. The van der Waals surface area contributed by atoms with Crippen molar-refractivity contribution in [2.75, 3.05) is 19.7 Å². The average molecular weight is 506 g/mol. The van der Waals surface area contributed by atoms with Gasteiger partial charge in [0, 0.05) is 33.0 Å². The standard InChI is InChI=1S/C23H39N7O4Si/c1-5-6-19(22(31)32)20(21-27-28-29-30(21)16-33-11-12-35(2,3)4)13-17-14-25-23(26-15-17)34-18-7-9-24-10-8-18/h14-15,18-20,24H,5-13,16H2,1-4H3,(H,31,32)/t19?,20-/m0/s1. The Kier molecular flexibility index (Phi) is 10.1. The van der Waals surface area contributed by atoms with Gasteiger partial charge < -0.3 is 19.9 Å². The van der Waals surface area contributed by atoms with Crippen LogP contribution in [-0.4, -0.2) is 75.1 Å². The lowest BCUT2D eigenvalue weighted by Crippen LogP contribution is -2.34. The molecule has 194 valence electrons. The van der Waals surface area contributed by atoms with Crippen LogP contribution in [0.25, 0.3) is 0 Å². The van der Waals surface area contributed by atoms with E-state index in [0.717, 1.165) is 44.0 Å². The van der Waals surface area contributed by atoms with Crippen molar-refractivity contribution in [3.05, 3.63) is 23.8 Å². The van der Waals surface area contributed by atoms with Crippen LogP contribution in [0.5, 0.6) is 6.01 Å². The number of ether oxygens (including phenoxy) is 2. The van der Waals surface area contributed by atoms with Gasteiger partial charge in [0.15, 0.2) is 5.82 Å². The van der Waals surface area contributed by atoms with Gasteiger partial charge in [-0.2, -0.15) is 0 Å². The summed E-state index contributed by atoms with van der Waals surface area (Å²) in [7, 11) is -1.22. The molecular formula is C23H39N7O4Si. The lowest BCUT2D eigenvalue weighted by molar-refractivity contribution is -0.143. The number of carbonyl (C=O) groups is 1. The van der Waals surface area contributed by atoms with Crippen molar-refractivity contribution >= 4 is 14.0 Å². The normalized spacial score (nSPS) is 16.7. The van der Waals surface area contributed by atoms with Gasteiger partial charge in [-0.3, -0.25) is 4.79 Å². The fourth-order valence-electron chi connectivity index (χ4n) is 4.15. The molecule has 35 heavy (non-hydrogen) atoms. The van der Waals surface area contributed by atoms with Gasteiger partial charge in [0.25, 0.3) is 0 Å². The first kappa shape index (κ1) is 27.1. The van der Waals surface area contributed by atoms with E-state index >= 15 is 0 Å². The van der Waals surface area contributed by atoms with Crippen molar-refractivity contribution in [3.63, 3.8) is 0 Å². The summed E-state index contributed by atoms with van der Waals surface area (Å²) in [6.45, 7) is 11.5. The van der Waals surface area contributed by atoms with Crippen LogP contribution >= 0.6 is 0 Å². The average Bonchev–Trinajstić information content (AvgIpc) is 3.28. The van der Waals surface area contributed by atoms with Crippen LogP contribution in [-0.2, 0) is 22.7 Å². The molecule has 0 aliphatic carbocycles. The predicted molar refractivity (Wildman–Crippen MR) is 133 cm³/mol. The first-order chi connectivity index (χ1) is 16.8. The molecular weight excluding hydrogens is 466 g/mol. The van der Waals surface area contributed by atoms with Crippen LogP contribution in [0, 0.1) is 5.92 Å². The Morgan fingerprint density at radius 1 is 1.26 bits per heavy atom. The van der Waals surface area contributed by atoms with Crippen molar-refractivity contribution in [1.29, 1.82) is 0 Å². The summed E-state index contributed by atoms with van der Waals surface area (Å²) in [4.78, 5) is 21.0. The number of aliphatic carboxylic acids is 1. The number of hydrogen-bond acceptors (Lipinski definition) is 9. The van der Waals surface area contributed by atoms with E-state index in [0.29, 0.717) is 31.3 Å². The highest BCUT2D eigenvalue weighted by Crippen LogP contribution is 2.31. The van der Waals surface area contributed by atoms with E-state index in [4.69, 9.17) is 9.47 Å². The second kappa shape index (κ2) is 13.0. The molecule has 1 fully saturated rings. The molecule has 12 heteroatoms. The maximum Gasteiger partial charge on any atom is 0.316 e. The zero-order valence-corrected chi connectivity index (χ0v) is 22.3. The molecule has 0 bridgehead atoms. The Morgan fingerprint density at radius 3 is 2.60 bits per heavy atom. The number of carboxylic acid groups (broad SMARTS) is 1. The van der Waals surface area contributed by atoms with Crippen LogP contribution in [0.15, 0.2) is 12.4 Å². The number of hydrogen-bond donors (Lipinski definition) is 2. The van der Waals surface area contributed by atoms with Gasteiger partial charge in [0.1, 0.15) is 12.8 Å². The van der Waals surface area contributed by atoms with Crippen LogP contribution in [0.2, 0.25) is 25.7 Å². The van der Waals surface area contributed by atoms with Gasteiger partial charge in [-0.25, -0.2) is 14.6 Å². The van der Waals surface area contributed by atoms with E-state index in [9.17, 15) is 9.90 Å². The molecule has 1 aliphatic heterocycles. The summed E-state index contributed by atoms with van der Waals surface area (Å²) < 4.78 is 13.3. The molecule has 11 nitrogen and oxygen atoms in total. The summed E-state index contributed by atoms with van der Waals surface area (Å²) in [5.41, 5.74) is 0.809. The molecule has 0 radical (unpaired) electrons. The summed E-state index contributed by atoms with van der Waals surface area (Å²) >= 11 is 0. The largest absolute Gasteiger partial charge is 0.481 e. The molecule has 1 aliphatic rings. The molecule has 2 atom stereocenters. The Morgan fingerprint density at radius 2 is 1.97 bits per heavy atom. The van der Waals surface area contributed by atoms with Gasteiger partial charge in [-0.05, 0) is 60.8 Å². The molecule has 3 rings (SSSR count). The number of nitrogens with one attached hydrogen (secondary N) is 1. The number of rotatable bonds is 14. The predicted octanol–water partition coefficient (Wildman–Crippen LogP) is 2.73. The van der Waals surface area contributed by atoms with Crippen molar-refractivity contribution in [1.82, 2.24) is 35.5 Å². The minimum absolute atomic E-state index is 0.112. The van der Waals surface area contributed by atoms with Crippen molar-refractivity contribution in [2.24, 2.45) is 5.92 Å². The van der Waals surface area contributed by atoms with Crippen molar-refractivity contribution in [3.8, 4) is 6.01 Å². The summed E-state index contributed by atoms with van der Waals surface area (Å²) in [5.74, 6) is -1.44. The fourth-order valence-corrected chi connectivity index (χ4v) is 4.90. The maximum absolute atomic E-state index is 12.2. The summed E-state index contributed by atoms with van der Waals surface area (Å²) in [5, 5.41) is 25.5.